The fourth-order valence-electron chi connectivity index (χ4n) is 5.83. The van der Waals surface area contributed by atoms with Gasteiger partial charge in [-0.15, -0.1) is 0 Å². The average molecular weight is 651 g/mol. The van der Waals surface area contributed by atoms with Crippen LogP contribution < -0.4 is 21.7 Å². The van der Waals surface area contributed by atoms with Gasteiger partial charge in [0.2, 0.25) is 17.7 Å². The van der Waals surface area contributed by atoms with Crippen molar-refractivity contribution in [1.82, 2.24) is 25.9 Å². The van der Waals surface area contributed by atoms with Crippen LogP contribution in [0.5, 0.6) is 0 Å². The van der Waals surface area contributed by atoms with Gasteiger partial charge in [-0.3, -0.25) is 14.4 Å². The number of amides is 3. The van der Waals surface area contributed by atoms with Crippen molar-refractivity contribution in [2.75, 3.05) is 0 Å². The number of rotatable bonds is 15. The third-order valence-corrected chi connectivity index (χ3v) is 8.92. The Bertz CT molecular complexity index is 1880. The lowest BCUT2D eigenvalue weighted by molar-refractivity contribution is -0.142. The summed E-state index contributed by atoms with van der Waals surface area (Å²) in [4.78, 5) is 59.9. The fraction of sp³-hybridized carbons (Fsp3) is 0.297. The summed E-state index contributed by atoms with van der Waals surface area (Å²) in [6.45, 7) is 3.80. The summed E-state index contributed by atoms with van der Waals surface area (Å²) >= 11 is 0. The number of fused-ring (bicyclic) bond motifs is 2. The van der Waals surface area contributed by atoms with Crippen molar-refractivity contribution in [3.8, 4) is 0 Å². The molecular formula is C37H42N6O5. The maximum atomic E-state index is 14.0. The van der Waals surface area contributed by atoms with Crippen molar-refractivity contribution in [3.63, 3.8) is 0 Å². The molecule has 250 valence electrons. The van der Waals surface area contributed by atoms with Gasteiger partial charge in [-0.05, 0) is 34.7 Å². The summed E-state index contributed by atoms with van der Waals surface area (Å²) in [6.07, 6.45) is 4.44. The summed E-state index contributed by atoms with van der Waals surface area (Å²) < 4.78 is 0. The predicted octanol–water partition coefficient (Wildman–Crippen LogP) is 3.59. The van der Waals surface area contributed by atoms with E-state index in [4.69, 9.17) is 5.73 Å². The number of nitrogens with one attached hydrogen (secondary N) is 5. The number of hydrogen-bond acceptors (Lipinski definition) is 5. The van der Waals surface area contributed by atoms with Crippen molar-refractivity contribution in [2.45, 2.75) is 63.7 Å². The molecule has 0 bridgehead atoms. The second-order valence-corrected chi connectivity index (χ2v) is 12.3. The zero-order valence-corrected chi connectivity index (χ0v) is 27.0. The number of hydrogen-bond donors (Lipinski definition) is 7. The van der Waals surface area contributed by atoms with Gasteiger partial charge in [0.25, 0.3) is 0 Å². The standard InChI is InChI=1S/C37H42N6O5/c1-3-22(2)33(38)36(46)42-30(17-23-11-5-4-6-12-23)34(44)41-31(18-24-20-39-28-15-9-7-13-26(24)28)35(45)43-32(37(47)48)19-25-21-40-29-16-10-8-14-27(25)29/h4-16,20-22,30-33,39-40H,3,17-19,38H2,1-2H3,(H,41,44)(H,42,46)(H,43,45)(H,47,48). The van der Waals surface area contributed by atoms with Crippen molar-refractivity contribution >= 4 is 45.5 Å². The molecule has 0 fully saturated rings. The second-order valence-electron chi connectivity index (χ2n) is 12.3. The SMILES string of the molecule is CCC(C)C(N)C(=O)NC(Cc1ccccc1)C(=O)NC(Cc1c[nH]c2ccccc12)C(=O)NC(Cc1c[nH]c2ccccc12)C(=O)O. The molecule has 5 atom stereocenters. The molecule has 0 radical (unpaired) electrons. The van der Waals surface area contributed by atoms with Crippen LogP contribution in [0.15, 0.2) is 91.3 Å². The number of carboxylic acids is 1. The lowest BCUT2D eigenvalue weighted by atomic mass is 9.98. The first-order valence-electron chi connectivity index (χ1n) is 16.2. The molecule has 48 heavy (non-hydrogen) atoms. The molecule has 2 heterocycles. The Kier molecular flexibility index (Phi) is 10.9. The summed E-state index contributed by atoms with van der Waals surface area (Å²) in [5, 5.41) is 20.2. The minimum absolute atomic E-state index is 0.0268. The lowest BCUT2D eigenvalue weighted by Gasteiger charge is -2.26. The van der Waals surface area contributed by atoms with Gasteiger partial charge < -0.3 is 36.8 Å². The highest BCUT2D eigenvalue weighted by molar-refractivity contribution is 5.95. The first-order chi connectivity index (χ1) is 23.1. The third-order valence-electron chi connectivity index (χ3n) is 8.92. The van der Waals surface area contributed by atoms with Gasteiger partial charge in [-0.2, -0.15) is 0 Å². The van der Waals surface area contributed by atoms with Crippen LogP contribution in [0.2, 0.25) is 0 Å². The van der Waals surface area contributed by atoms with Crippen LogP contribution in [0.25, 0.3) is 21.8 Å². The Morgan fingerprint density at radius 1 is 0.667 bits per heavy atom. The smallest absolute Gasteiger partial charge is 0.326 e. The number of aliphatic carboxylic acids is 1. The number of carbonyl (C=O) groups excluding carboxylic acids is 3. The molecule has 11 nitrogen and oxygen atoms in total. The van der Waals surface area contributed by atoms with Crippen molar-refractivity contribution in [1.29, 1.82) is 0 Å². The molecule has 5 unspecified atom stereocenters. The molecule has 0 aliphatic carbocycles. The van der Waals surface area contributed by atoms with E-state index in [0.717, 1.165) is 38.5 Å². The van der Waals surface area contributed by atoms with E-state index >= 15 is 0 Å². The Morgan fingerprint density at radius 2 is 1.12 bits per heavy atom. The molecule has 8 N–H and O–H groups in total. The van der Waals surface area contributed by atoms with E-state index in [0.29, 0.717) is 6.42 Å². The van der Waals surface area contributed by atoms with E-state index in [9.17, 15) is 24.3 Å². The zero-order valence-electron chi connectivity index (χ0n) is 27.0. The lowest BCUT2D eigenvalue weighted by Crippen LogP contribution is -2.58. The summed E-state index contributed by atoms with van der Waals surface area (Å²) in [7, 11) is 0. The molecule has 5 aromatic rings. The molecule has 0 aliphatic rings. The van der Waals surface area contributed by atoms with E-state index in [1.165, 1.54) is 0 Å². The maximum absolute atomic E-state index is 14.0. The number of benzene rings is 3. The molecule has 0 spiro atoms. The Labute approximate surface area is 278 Å². The van der Waals surface area contributed by atoms with E-state index in [-0.39, 0.29) is 25.2 Å². The largest absolute Gasteiger partial charge is 0.480 e. The van der Waals surface area contributed by atoms with Crippen molar-refractivity contribution in [2.24, 2.45) is 11.7 Å². The van der Waals surface area contributed by atoms with Crippen molar-refractivity contribution in [3.05, 3.63) is 108 Å². The number of aromatic amines is 2. The van der Waals surface area contributed by atoms with Gasteiger partial charge >= 0.3 is 5.97 Å². The molecule has 0 saturated heterocycles. The van der Waals surface area contributed by atoms with Crippen LogP contribution in [0, 0.1) is 5.92 Å². The molecule has 2 aromatic heterocycles. The quantitative estimate of drug-likeness (QED) is 0.0909. The van der Waals surface area contributed by atoms with Crippen LogP contribution >= 0.6 is 0 Å². The second kappa shape index (κ2) is 15.4. The van der Waals surface area contributed by atoms with E-state index in [2.05, 4.69) is 25.9 Å². The molecule has 0 saturated carbocycles. The van der Waals surface area contributed by atoms with E-state index < -0.39 is 47.9 Å². The average Bonchev–Trinajstić information content (AvgIpc) is 3.70. The molecule has 5 rings (SSSR count). The normalized spacial score (nSPS) is 14.5. The van der Waals surface area contributed by atoms with Crippen LogP contribution in [0.4, 0.5) is 0 Å². The van der Waals surface area contributed by atoms with Crippen LogP contribution in [0.1, 0.15) is 37.0 Å². The molecule has 3 amide bonds. The summed E-state index contributed by atoms with van der Waals surface area (Å²) in [5.74, 6) is -3.05. The number of para-hydroxylation sites is 2. The predicted molar refractivity (Wildman–Crippen MR) is 185 cm³/mol. The molecule has 11 heteroatoms. The molecule has 3 aromatic carbocycles. The number of nitrogens with two attached hydrogens (primary N) is 1. The van der Waals surface area contributed by atoms with Gasteiger partial charge in [-0.1, -0.05) is 87.0 Å². The number of aromatic nitrogens is 2. The van der Waals surface area contributed by atoms with E-state index in [1.807, 2.05) is 92.7 Å². The fourth-order valence-corrected chi connectivity index (χ4v) is 5.83. The van der Waals surface area contributed by atoms with Gasteiger partial charge in [0.15, 0.2) is 0 Å². The third kappa shape index (κ3) is 8.10. The Balaban J connectivity index is 1.42. The number of carboxylic acid groups (broad SMARTS) is 1. The van der Waals surface area contributed by atoms with Gasteiger partial charge in [0.05, 0.1) is 6.04 Å². The monoisotopic (exact) mass is 650 g/mol. The van der Waals surface area contributed by atoms with Crippen LogP contribution in [-0.2, 0) is 38.4 Å². The maximum Gasteiger partial charge on any atom is 0.326 e. The van der Waals surface area contributed by atoms with E-state index in [1.54, 1.807) is 12.4 Å². The topological polar surface area (TPSA) is 182 Å². The van der Waals surface area contributed by atoms with Gasteiger partial charge in [0, 0.05) is 53.5 Å². The first kappa shape index (κ1) is 33.9. The first-order valence-corrected chi connectivity index (χ1v) is 16.2. The van der Waals surface area contributed by atoms with Crippen molar-refractivity contribution < 1.29 is 24.3 Å². The summed E-state index contributed by atoms with van der Waals surface area (Å²) in [5.41, 5.74) is 10.2. The van der Waals surface area contributed by atoms with Crippen LogP contribution in [-0.4, -0.2) is 62.9 Å². The summed E-state index contributed by atoms with van der Waals surface area (Å²) in [6, 6.07) is 20.0. The molecule has 0 aliphatic heterocycles. The Morgan fingerprint density at radius 3 is 1.67 bits per heavy atom. The zero-order chi connectivity index (χ0) is 34.2. The number of carbonyl (C=O) groups is 4. The van der Waals surface area contributed by atoms with Crippen LogP contribution in [0.3, 0.4) is 0 Å². The minimum Gasteiger partial charge on any atom is -0.480 e. The highest BCUT2D eigenvalue weighted by Crippen LogP contribution is 2.21. The van der Waals surface area contributed by atoms with Gasteiger partial charge in [-0.25, -0.2) is 4.79 Å². The Hall–Kier alpha value is -5.42. The van der Waals surface area contributed by atoms with Gasteiger partial charge in [0.1, 0.15) is 18.1 Å². The highest BCUT2D eigenvalue weighted by atomic mass is 16.4. The molecular weight excluding hydrogens is 608 g/mol. The highest BCUT2D eigenvalue weighted by Gasteiger charge is 2.32. The number of H-pyrrole nitrogens is 2. The minimum atomic E-state index is -1.27.